The van der Waals surface area contributed by atoms with E-state index in [-0.39, 0.29) is 0 Å². The van der Waals surface area contributed by atoms with Crippen molar-refractivity contribution >= 4 is 43.6 Å². The van der Waals surface area contributed by atoms with Crippen LogP contribution in [0.3, 0.4) is 0 Å². The molecule has 3 aromatic heterocycles. The summed E-state index contributed by atoms with van der Waals surface area (Å²) in [5.41, 5.74) is 11.3. The topological polar surface area (TPSA) is 72.3 Å². The number of aromatic nitrogens is 5. The van der Waals surface area contributed by atoms with Crippen molar-refractivity contribution in [2.75, 3.05) is 0 Å². The second-order valence-corrected chi connectivity index (χ2v) is 16.2. The zero-order valence-corrected chi connectivity index (χ0v) is 35.1. The maximum absolute atomic E-state index is 14.8. The molecule has 0 saturated heterocycles. The van der Waals surface area contributed by atoms with Crippen LogP contribution in [0.4, 0.5) is 8.78 Å². The second-order valence-electron chi connectivity index (χ2n) is 16.2. The van der Waals surface area contributed by atoms with Crippen LogP contribution in [-0.2, 0) is 0 Å². The van der Waals surface area contributed by atoms with Crippen LogP contribution in [0.25, 0.3) is 111 Å². The van der Waals surface area contributed by atoms with E-state index in [1.54, 1.807) is 12.1 Å². The SMILES string of the molecule is N#Cc1ccc(-n2c3ccccc3c3cc(-c4cc(-c5nc(-c6ccccc6)nc(-c6ccccc6)n5)ccc4-n4c5ccccc5c5ccccc54)ccc32)c(-c2cc(F)cc(F)c2)c1. The number of para-hydroxylation sites is 3. The van der Waals surface area contributed by atoms with E-state index in [4.69, 9.17) is 15.0 Å². The molecule has 66 heavy (non-hydrogen) atoms. The van der Waals surface area contributed by atoms with Gasteiger partial charge in [0.2, 0.25) is 0 Å². The molecule has 0 N–H and O–H groups in total. The van der Waals surface area contributed by atoms with Gasteiger partial charge >= 0.3 is 0 Å². The van der Waals surface area contributed by atoms with Gasteiger partial charge < -0.3 is 9.13 Å². The van der Waals surface area contributed by atoms with Gasteiger partial charge in [-0.25, -0.2) is 23.7 Å². The van der Waals surface area contributed by atoms with Crippen LogP contribution in [0.5, 0.6) is 0 Å². The molecule has 0 aliphatic carbocycles. The Morgan fingerprint density at radius 2 is 0.788 bits per heavy atom. The summed E-state index contributed by atoms with van der Waals surface area (Å²) in [6.45, 7) is 0. The number of nitrogens with zero attached hydrogens (tertiary/aromatic N) is 6. The van der Waals surface area contributed by atoms with Gasteiger partial charge in [-0.3, -0.25) is 0 Å². The Kier molecular flexibility index (Phi) is 9.14. The minimum absolute atomic E-state index is 0.332. The Morgan fingerprint density at radius 3 is 1.33 bits per heavy atom. The molecular formula is C58H34F2N6. The average molecular weight is 853 g/mol. The molecule has 0 bridgehead atoms. The molecule has 8 heteroatoms. The van der Waals surface area contributed by atoms with Crippen molar-refractivity contribution in [3.63, 3.8) is 0 Å². The van der Waals surface area contributed by atoms with Crippen LogP contribution in [0.2, 0.25) is 0 Å². The van der Waals surface area contributed by atoms with Crippen LogP contribution in [0.1, 0.15) is 5.56 Å². The van der Waals surface area contributed by atoms with Gasteiger partial charge in [0.05, 0.1) is 45.1 Å². The number of hydrogen-bond donors (Lipinski definition) is 0. The summed E-state index contributed by atoms with van der Waals surface area (Å²) in [6, 6.07) is 68.8. The molecule has 310 valence electrons. The van der Waals surface area contributed by atoms with E-state index in [1.807, 2.05) is 84.9 Å². The van der Waals surface area contributed by atoms with E-state index >= 15 is 0 Å². The smallest absolute Gasteiger partial charge is 0.164 e. The molecule has 0 aliphatic heterocycles. The van der Waals surface area contributed by atoms with Gasteiger partial charge in [0.15, 0.2) is 17.5 Å². The molecule has 6 nitrogen and oxygen atoms in total. The van der Waals surface area contributed by atoms with Crippen LogP contribution >= 0.6 is 0 Å². The van der Waals surface area contributed by atoms with Crippen molar-refractivity contribution in [2.45, 2.75) is 0 Å². The molecule has 0 saturated carbocycles. The Bertz CT molecular complexity index is 3790. The summed E-state index contributed by atoms with van der Waals surface area (Å²) in [5, 5.41) is 14.2. The van der Waals surface area contributed by atoms with Gasteiger partial charge in [-0.1, -0.05) is 121 Å². The summed E-state index contributed by atoms with van der Waals surface area (Å²) >= 11 is 0. The Morgan fingerprint density at radius 1 is 0.348 bits per heavy atom. The predicted octanol–water partition coefficient (Wildman–Crippen LogP) is 14.6. The Balaban J connectivity index is 1.12. The van der Waals surface area contributed by atoms with E-state index in [9.17, 15) is 14.0 Å². The summed E-state index contributed by atoms with van der Waals surface area (Å²) in [4.78, 5) is 15.2. The predicted molar refractivity (Wildman–Crippen MR) is 260 cm³/mol. The first kappa shape index (κ1) is 38.6. The van der Waals surface area contributed by atoms with Crippen LogP contribution in [0.15, 0.2) is 206 Å². The molecule has 0 amide bonds. The standard InChI is InChI=1S/C58H34F2N6/c59-42-30-41(31-43(60)34-42)47-29-36(35-61)23-26-53(47)66-52-22-12-9-19-46(52)49-32-39(24-27-55(49)66)48-33-40(25-28-54(48)65-50-20-10-7-17-44(50)45-18-8-11-21-51(45)65)58-63-56(37-13-3-1-4-14-37)62-57(64-58)38-15-5-2-6-16-38/h1-34H. The maximum atomic E-state index is 14.8. The van der Waals surface area contributed by atoms with E-state index in [2.05, 4.69) is 106 Å². The number of fused-ring (bicyclic) bond motifs is 6. The lowest BCUT2D eigenvalue weighted by Crippen LogP contribution is -2.02. The quantitative estimate of drug-likeness (QED) is 0.160. The van der Waals surface area contributed by atoms with Crippen molar-refractivity contribution in [3.05, 3.63) is 223 Å². The van der Waals surface area contributed by atoms with Gasteiger partial charge in [-0.15, -0.1) is 0 Å². The van der Waals surface area contributed by atoms with Gasteiger partial charge in [0.25, 0.3) is 0 Å². The Hall–Kier alpha value is -9.06. The fourth-order valence-electron chi connectivity index (χ4n) is 9.36. The maximum Gasteiger partial charge on any atom is 0.164 e. The summed E-state index contributed by atoms with van der Waals surface area (Å²) in [6.07, 6.45) is 0. The molecule has 12 aromatic rings. The van der Waals surface area contributed by atoms with Crippen molar-refractivity contribution < 1.29 is 8.78 Å². The third kappa shape index (κ3) is 6.49. The van der Waals surface area contributed by atoms with Crippen LogP contribution in [0, 0.1) is 23.0 Å². The molecule has 0 aliphatic rings. The van der Waals surface area contributed by atoms with Gasteiger partial charge in [-0.05, 0) is 90.0 Å². The molecule has 12 rings (SSSR count). The number of benzene rings is 9. The summed E-state index contributed by atoms with van der Waals surface area (Å²) in [5.74, 6) is 0.291. The molecule has 0 fully saturated rings. The van der Waals surface area contributed by atoms with E-state index in [0.717, 1.165) is 83.2 Å². The van der Waals surface area contributed by atoms with Crippen LogP contribution in [-0.4, -0.2) is 24.1 Å². The highest BCUT2D eigenvalue weighted by Gasteiger charge is 2.22. The molecule has 0 atom stereocenters. The van der Waals surface area contributed by atoms with Crippen molar-refractivity contribution in [1.82, 2.24) is 24.1 Å². The van der Waals surface area contributed by atoms with Crippen molar-refractivity contribution in [3.8, 4) is 73.9 Å². The second kappa shape index (κ2) is 15.6. The van der Waals surface area contributed by atoms with Crippen LogP contribution < -0.4 is 0 Å². The first-order valence-corrected chi connectivity index (χ1v) is 21.5. The number of halogens is 2. The fraction of sp³-hybridized carbons (Fsp3) is 0. The highest BCUT2D eigenvalue weighted by atomic mass is 19.1. The number of nitriles is 1. The molecule has 0 radical (unpaired) electrons. The average Bonchev–Trinajstić information content (AvgIpc) is 3.88. The highest BCUT2D eigenvalue weighted by molar-refractivity contribution is 6.12. The zero-order chi connectivity index (χ0) is 44.3. The third-order valence-corrected chi connectivity index (χ3v) is 12.3. The molecule has 9 aromatic carbocycles. The third-order valence-electron chi connectivity index (χ3n) is 12.3. The number of hydrogen-bond acceptors (Lipinski definition) is 4. The monoisotopic (exact) mass is 852 g/mol. The molecule has 3 heterocycles. The fourth-order valence-corrected chi connectivity index (χ4v) is 9.36. The summed E-state index contributed by atoms with van der Waals surface area (Å²) < 4.78 is 34.0. The molecular weight excluding hydrogens is 819 g/mol. The molecule has 0 unspecified atom stereocenters. The van der Waals surface area contributed by atoms with E-state index in [0.29, 0.717) is 39.9 Å². The highest BCUT2D eigenvalue weighted by Crippen LogP contribution is 2.42. The van der Waals surface area contributed by atoms with E-state index < -0.39 is 11.6 Å². The van der Waals surface area contributed by atoms with Gasteiger partial charge in [0.1, 0.15) is 11.6 Å². The Labute approximate surface area is 377 Å². The lowest BCUT2D eigenvalue weighted by molar-refractivity contribution is 0.584. The lowest BCUT2D eigenvalue weighted by atomic mass is 9.98. The van der Waals surface area contributed by atoms with Crippen molar-refractivity contribution in [2.24, 2.45) is 0 Å². The lowest BCUT2D eigenvalue weighted by Gasteiger charge is -2.17. The largest absolute Gasteiger partial charge is 0.309 e. The van der Waals surface area contributed by atoms with E-state index in [1.165, 1.54) is 12.1 Å². The zero-order valence-electron chi connectivity index (χ0n) is 35.1. The molecule has 0 spiro atoms. The van der Waals surface area contributed by atoms with Gasteiger partial charge in [0, 0.05) is 55.4 Å². The minimum Gasteiger partial charge on any atom is -0.309 e. The van der Waals surface area contributed by atoms with Gasteiger partial charge in [-0.2, -0.15) is 5.26 Å². The minimum atomic E-state index is -0.698. The first-order chi connectivity index (χ1) is 32.5. The summed E-state index contributed by atoms with van der Waals surface area (Å²) in [7, 11) is 0. The normalized spacial score (nSPS) is 11.5. The number of rotatable bonds is 7. The first-order valence-electron chi connectivity index (χ1n) is 21.5. The van der Waals surface area contributed by atoms with Crippen molar-refractivity contribution in [1.29, 1.82) is 5.26 Å².